The molecule has 18 heavy (non-hydrogen) atoms. The first-order valence-electron chi connectivity index (χ1n) is 6.98. The number of hydrogen-bond donors (Lipinski definition) is 2. The summed E-state index contributed by atoms with van der Waals surface area (Å²) in [4.78, 5) is 21.9. The van der Waals surface area contributed by atoms with Crippen molar-refractivity contribution in [2.45, 2.75) is 65.2 Å². The second kappa shape index (κ2) is 9.92. The SMILES string of the molecule is CCCC(CCCCC(CCC)C(=O)O)C(=O)O. The van der Waals surface area contributed by atoms with E-state index in [9.17, 15) is 9.59 Å². The van der Waals surface area contributed by atoms with Crippen LogP contribution in [0.4, 0.5) is 0 Å². The highest BCUT2D eigenvalue weighted by Crippen LogP contribution is 2.20. The second-order valence-corrected chi connectivity index (χ2v) is 4.93. The zero-order valence-electron chi connectivity index (χ0n) is 11.5. The number of carboxylic acids is 2. The van der Waals surface area contributed by atoms with Gasteiger partial charge in [-0.05, 0) is 25.7 Å². The van der Waals surface area contributed by atoms with Gasteiger partial charge in [0.25, 0.3) is 0 Å². The van der Waals surface area contributed by atoms with E-state index in [0.717, 1.165) is 25.7 Å². The molecule has 0 aromatic carbocycles. The number of unbranched alkanes of at least 4 members (excludes halogenated alkanes) is 1. The molecule has 4 nitrogen and oxygen atoms in total. The Morgan fingerprint density at radius 2 is 1.11 bits per heavy atom. The van der Waals surface area contributed by atoms with Gasteiger partial charge in [0.1, 0.15) is 0 Å². The maximum atomic E-state index is 10.9. The molecule has 0 bridgehead atoms. The van der Waals surface area contributed by atoms with E-state index < -0.39 is 11.9 Å². The zero-order chi connectivity index (χ0) is 14.0. The van der Waals surface area contributed by atoms with E-state index in [2.05, 4.69) is 0 Å². The van der Waals surface area contributed by atoms with Crippen molar-refractivity contribution in [1.82, 2.24) is 0 Å². The molecule has 2 atom stereocenters. The third-order valence-corrected chi connectivity index (χ3v) is 3.33. The summed E-state index contributed by atoms with van der Waals surface area (Å²) in [6, 6.07) is 0. The predicted molar refractivity (Wildman–Crippen MR) is 70.5 cm³/mol. The molecule has 0 amide bonds. The first-order chi connectivity index (χ1) is 8.52. The summed E-state index contributed by atoms with van der Waals surface area (Å²) in [7, 11) is 0. The minimum absolute atomic E-state index is 0.260. The van der Waals surface area contributed by atoms with Crippen LogP contribution in [-0.4, -0.2) is 22.2 Å². The highest BCUT2D eigenvalue weighted by molar-refractivity contribution is 5.70. The number of aliphatic carboxylic acids is 2. The molecule has 0 fully saturated rings. The van der Waals surface area contributed by atoms with Crippen LogP contribution in [0.5, 0.6) is 0 Å². The van der Waals surface area contributed by atoms with Crippen molar-refractivity contribution < 1.29 is 19.8 Å². The molecule has 0 radical (unpaired) electrons. The topological polar surface area (TPSA) is 74.6 Å². The molecule has 2 unspecified atom stereocenters. The van der Waals surface area contributed by atoms with Crippen LogP contribution in [0.3, 0.4) is 0 Å². The fourth-order valence-electron chi connectivity index (χ4n) is 2.26. The van der Waals surface area contributed by atoms with Crippen molar-refractivity contribution in [2.24, 2.45) is 11.8 Å². The lowest BCUT2D eigenvalue weighted by molar-refractivity contribution is -0.143. The first-order valence-corrected chi connectivity index (χ1v) is 6.98. The zero-order valence-corrected chi connectivity index (χ0v) is 11.5. The van der Waals surface area contributed by atoms with Crippen molar-refractivity contribution in [2.75, 3.05) is 0 Å². The van der Waals surface area contributed by atoms with Gasteiger partial charge in [-0.15, -0.1) is 0 Å². The van der Waals surface area contributed by atoms with Crippen molar-refractivity contribution >= 4 is 11.9 Å². The quantitative estimate of drug-likeness (QED) is 0.556. The number of carbonyl (C=O) groups is 2. The summed E-state index contributed by atoms with van der Waals surface area (Å²) < 4.78 is 0. The van der Waals surface area contributed by atoms with Gasteiger partial charge >= 0.3 is 11.9 Å². The summed E-state index contributed by atoms with van der Waals surface area (Å²) in [5.41, 5.74) is 0. The normalized spacial score (nSPS) is 14.1. The van der Waals surface area contributed by atoms with Crippen LogP contribution in [0, 0.1) is 11.8 Å². The van der Waals surface area contributed by atoms with E-state index in [1.807, 2.05) is 13.8 Å². The van der Waals surface area contributed by atoms with Crippen LogP contribution in [0.2, 0.25) is 0 Å². The van der Waals surface area contributed by atoms with Gasteiger partial charge in [0.05, 0.1) is 11.8 Å². The molecule has 0 aromatic rings. The van der Waals surface area contributed by atoms with Gasteiger partial charge in [0, 0.05) is 0 Å². The Morgan fingerprint density at radius 3 is 1.33 bits per heavy atom. The summed E-state index contributed by atoms with van der Waals surface area (Å²) in [5.74, 6) is -1.96. The summed E-state index contributed by atoms with van der Waals surface area (Å²) in [6.07, 6.45) is 6.15. The van der Waals surface area contributed by atoms with Gasteiger partial charge < -0.3 is 10.2 Å². The Balaban J connectivity index is 3.87. The van der Waals surface area contributed by atoms with E-state index in [4.69, 9.17) is 10.2 Å². The lowest BCUT2D eigenvalue weighted by Crippen LogP contribution is -2.15. The molecule has 0 aromatic heterocycles. The molecule has 2 N–H and O–H groups in total. The predicted octanol–water partition coefficient (Wildman–Crippen LogP) is 3.55. The molecule has 4 heteroatoms. The summed E-state index contributed by atoms with van der Waals surface area (Å²) in [6.45, 7) is 3.97. The van der Waals surface area contributed by atoms with Crippen LogP contribution in [0.25, 0.3) is 0 Å². The van der Waals surface area contributed by atoms with E-state index >= 15 is 0 Å². The van der Waals surface area contributed by atoms with Crippen LogP contribution >= 0.6 is 0 Å². The van der Waals surface area contributed by atoms with Crippen molar-refractivity contribution in [3.8, 4) is 0 Å². The highest BCUT2D eigenvalue weighted by Gasteiger charge is 2.18. The van der Waals surface area contributed by atoms with Gasteiger partial charge in [-0.1, -0.05) is 39.5 Å². The van der Waals surface area contributed by atoms with Crippen LogP contribution in [0.1, 0.15) is 65.2 Å². The van der Waals surface area contributed by atoms with Crippen molar-refractivity contribution in [1.29, 1.82) is 0 Å². The molecule has 0 saturated heterocycles. The number of rotatable bonds is 11. The van der Waals surface area contributed by atoms with Crippen LogP contribution in [-0.2, 0) is 9.59 Å². The van der Waals surface area contributed by atoms with Gasteiger partial charge in [-0.2, -0.15) is 0 Å². The Hall–Kier alpha value is -1.06. The molecule has 0 saturated carbocycles. The van der Waals surface area contributed by atoms with E-state index in [1.54, 1.807) is 0 Å². The lowest BCUT2D eigenvalue weighted by atomic mass is 9.93. The second-order valence-electron chi connectivity index (χ2n) is 4.93. The van der Waals surface area contributed by atoms with Crippen LogP contribution < -0.4 is 0 Å². The Kier molecular flexibility index (Phi) is 9.33. The summed E-state index contributed by atoms with van der Waals surface area (Å²) in [5, 5.41) is 18.0. The minimum atomic E-state index is -0.722. The standard InChI is InChI=1S/C14H26O4/c1-3-7-11(13(15)16)9-5-6-10-12(8-4-2)14(17)18/h11-12H,3-10H2,1-2H3,(H,15,16)(H,17,18). The number of hydrogen-bond acceptors (Lipinski definition) is 2. The van der Waals surface area contributed by atoms with Gasteiger partial charge in [-0.25, -0.2) is 0 Å². The average molecular weight is 258 g/mol. The first kappa shape index (κ1) is 16.9. The molecule has 0 aliphatic rings. The Bertz CT molecular complexity index is 224. The minimum Gasteiger partial charge on any atom is -0.481 e. The van der Waals surface area contributed by atoms with Crippen molar-refractivity contribution in [3.05, 3.63) is 0 Å². The van der Waals surface area contributed by atoms with Gasteiger partial charge in [0.2, 0.25) is 0 Å². The fourth-order valence-corrected chi connectivity index (χ4v) is 2.26. The summed E-state index contributed by atoms with van der Waals surface area (Å²) >= 11 is 0. The molecule has 0 rings (SSSR count). The highest BCUT2D eigenvalue weighted by atomic mass is 16.4. The largest absolute Gasteiger partial charge is 0.481 e. The molecule has 106 valence electrons. The molecule has 0 aliphatic carbocycles. The molecular formula is C14H26O4. The van der Waals surface area contributed by atoms with Crippen LogP contribution in [0.15, 0.2) is 0 Å². The Labute approximate surface area is 109 Å². The van der Waals surface area contributed by atoms with Crippen molar-refractivity contribution in [3.63, 3.8) is 0 Å². The molecule has 0 spiro atoms. The van der Waals surface area contributed by atoms with E-state index in [-0.39, 0.29) is 11.8 Å². The molecule has 0 heterocycles. The van der Waals surface area contributed by atoms with E-state index in [1.165, 1.54) is 0 Å². The van der Waals surface area contributed by atoms with Gasteiger partial charge in [-0.3, -0.25) is 9.59 Å². The third kappa shape index (κ3) is 7.30. The molecular weight excluding hydrogens is 232 g/mol. The average Bonchev–Trinajstić information content (AvgIpc) is 2.30. The van der Waals surface area contributed by atoms with Gasteiger partial charge in [0.15, 0.2) is 0 Å². The number of carboxylic acid groups (broad SMARTS) is 2. The monoisotopic (exact) mass is 258 g/mol. The fraction of sp³-hybridized carbons (Fsp3) is 0.857. The third-order valence-electron chi connectivity index (χ3n) is 3.33. The van der Waals surface area contributed by atoms with E-state index in [0.29, 0.717) is 25.7 Å². The maximum absolute atomic E-state index is 10.9. The Morgan fingerprint density at radius 1 is 0.778 bits per heavy atom. The lowest BCUT2D eigenvalue weighted by Gasteiger charge is -2.13. The smallest absolute Gasteiger partial charge is 0.306 e. The molecule has 0 aliphatic heterocycles. The maximum Gasteiger partial charge on any atom is 0.306 e.